The molecule has 0 radical (unpaired) electrons. The molecule has 3 heterocycles. The lowest BCUT2D eigenvalue weighted by Crippen LogP contribution is -2.37. The van der Waals surface area contributed by atoms with Crippen LogP contribution in [0.4, 0.5) is 37.8 Å². The first kappa shape index (κ1) is 31.7. The third-order valence-corrected chi connectivity index (χ3v) is 7.17. The number of nitrogens with zero attached hydrogens (tertiary/aromatic N) is 4. The van der Waals surface area contributed by atoms with Crippen molar-refractivity contribution in [1.82, 2.24) is 20.3 Å². The van der Waals surface area contributed by atoms with Crippen LogP contribution in [0, 0.1) is 5.41 Å². The molecule has 45 heavy (non-hydrogen) atoms. The van der Waals surface area contributed by atoms with Crippen LogP contribution in [0.15, 0.2) is 54.7 Å². The highest BCUT2D eigenvalue weighted by Gasteiger charge is 2.36. The fourth-order valence-corrected chi connectivity index (χ4v) is 4.56. The summed E-state index contributed by atoms with van der Waals surface area (Å²) < 4.78 is 80.7. The molecular formula is C31H28F6N6O2. The van der Waals surface area contributed by atoms with Crippen LogP contribution in [0.2, 0.25) is 0 Å². The van der Waals surface area contributed by atoms with E-state index in [9.17, 15) is 35.9 Å². The van der Waals surface area contributed by atoms with Gasteiger partial charge in [0.25, 0.3) is 5.91 Å². The number of benzene rings is 2. The number of amides is 2. The van der Waals surface area contributed by atoms with Crippen molar-refractivity contribution in [2.24, 2.45) is 5.41 Å². The SMILES string of the molecule is CC(C)(C)C(=O)NCc1ccc(C(F)(F)F)c(C(=O)Nc2ccc3c(N4CCC4)nc(-c4ccc(C(F)(F)F)nc4)nc3c2)c1. The molecule has 2 aromatic carbocycles. The normalized spacial score (nSPS) is 13.8. The Labute approximate surface area is 253 Å². The second-order valence-electron chi connectivity index (χ2n) is 11.6. The van der Waals surface area contributed by atoms with Crippen molar-refractivity contribution >= 4 is 34.2 Å². The zero-order valence-corrected chi connectivity index (χ0v) is 24.4. The number of halogens is 6. The summed E-state index contributed by atoms with van der Waals surface area (Å²) >= 11 is 0. The van der Waals surface area contributed by atoms with Gasteiger partial charge in [-0.1, -0.05) is 26.8 Å². The van der Waals surface area contributed by atoms with Crippen molar-refractivity contribution in [2.45, 2.75) is 46.1 Å². The number of aromatic nitrogens is 3. The summed E-state index contributed by atoms with van der Waals surface area (Å²) in [6, 6.07) is 9.70. The van der Waals surface area contributed by atoms with Crippen molar-refractivity contribution in [3.8, 4) is 11.4 Å². The first-order valence-corrected chi connectivity index (χ1v) is 13.9. The first-order chi connectivity index (χ1) is 21.0. The number of nitrogens with one attached hydrogen (secondary N) is 2. The zero-order chi connectivity index (χ0) is 32.7. The molecule has 0 aliphatic carbocycles. The number of carbonyl (C=O) groups excluding carboxylic acids is 2. The molecule has 5 rings (SSSR count). The molecule has 2 amide bonds. The molecular weight excluding hydrogens is 602 g/mol. The Kier molecular flexibility index (Phi) is 8.19. The minimum Gasteiger partial charge on any atom is -0.356 e. The molecule has 1 saturated heterocycles. The number of hydrogen-bond donors (Lipinski definition) is 2. The van der Waals surface area contributed by atoms with Gasteiger partial charge in [0.2, 0.25) is 5.91 Å². The Morgan fingerprint density at radius 1 is 0.889 bits per heavy atom. The largest absolute Gasteiger partial charge is 0.433 e. The standard InChI is InChI=1S/C31H28F6N6O2/c1-29(2,3)28(45)39-15-17-5-9-22(30(32,33)34)21(13-17)27(44)40-19-7-8-20-23(14-19)41-25(42-26(20)43-11-4-12-43)18-6-10-24(38-16-18)31(35,36)37/h5-10,13-14,16H,4,11-12,15H2,1-3H3,(H,39,45)(H,40,44). The van der Waals surface area contributed by atoms with Gasteiger partial charge in [0.15, 0.2) is 5.82 Å². The Morgan fingerprint density at radius 3 is 2.20 bits per heavy atom. The van der Waals surface area contributed by atoms with Gasteiger partial charge in [-0.25, -0.2) is 9.97 Å². The van der Waals surface area contributed by atoms with Gasteiger partial charge in [0.1, 0.15) is 11.5 Å². The third-order valence-electron chi connectivity index (χ3n) is 7.17. The molecule has 2 aromatic heterocycles. The van der Waals surface area contributed by atoms with Crippen LogP contribution in [-0.4, -0.2) is 39.9 Å². The molecule has 0 atom stereocenters. The fourth-order valence-electron chi connectivity index (χ4n) is 4.56. The molecule has 14 heteroatoms. The van der Waals surface area contributed by atoms with E-state index < -0.39 is 40.5 Å². The Bertz CT molecular complexity index is 1760. The van der Waals surface area contributed by atoms with E-state index in [-0.39, 0.29) is 29.5 Å². The van der Waals surface area contributed by atoms with Gasteiger partial charge >= 0.3 is 12.4 Å². The van der Waals surface area contributed by atoms with Gasteiger partial charge in [-0.3, -0.25) is 14.6 Å². The lowest BCUT2D eigenvalue weighted by Gasteiger charge is -2.33. The monoisotopic (exact) mass is 630 g/mol. The van der Waals surface area contributed by atoms with Crippen LogP contribution < -0.4 is 15.5 Å². The summed E-state index contributed by atoms with van der Waals surface area (Å²) in [7, 11) is 0. The summed E-state index contributed by atoms with van der Waals surface area (Å²) in [4.78, 5) is 40.0. The van der Waals surface area contributed by atoms with Crippen LogP contribution in [0.3, 0.4) is 0 Å². The zero-order valence-electron chi connectivity index (χ0n) is 24.4. The number of fused-ring (bicyclic) bond motifs is 1. The van der Waals surface area contributed by atoms with Gasteiger partial charge in [-0.05, 0) is 54.4 Å². The van der Waals surface area contributed by atoms with Gasteiger partial charge in [0.05, 0.1) is 16.6 Å². The summed E-state index contributed by atoms with van der Waals surface area (Å²) in [5.74, 6) is -0.715. The van der Waals surface area contributed by atoms with E-state index in [1.807, 2.05) is 4.90 Å². The molecule has 2 N–H and O–H groups in total. The van der Waals surface area contributed by atoms with Crippen LogP contribution in [0.5, 0.6) is 0 Å². The van der Waals surface area contributed by atoms with Crippen molar-refractivity contribution < 1.29 is 35.9 Å². The molecule has 0 bridgehead atoms. The molecule has 1 aliphatic rings. The Hall–Kier alpha value is -4.75. The van der Waals surface area contributed by atoms with E-state index in [1.165, 1.54) is 24.3 Å². The number of hydrogen-bond acceptors (Lipinski definition) is 6. The number of anilines is 2. The topological polar surface area (TPSA) is 100 Å². The lowest BCUT2D eigenvalue weighted by atomic mass is 9.95. The first-order valence-electron chi connectivity index (χ1n) is 13.9. The average Bonchev–Trinajstić information content (AvgIpc) is 2.93. The molecule has 236 valence electrons. The maximum atomic E-state index is 13.9. The van der Waals surface area contributed by atoms with Crippen LogP contribution in [0.1, 0.15) is 54.4 Å². The van der Waals surface area contributed by atoms with Crippen LogP contribution in [0.25, 0.3) is 22.3 Å². The number of alkyl halides is 6. The number of carbonyl (C=O) groups is 2. The van der Waals surface area contributed by atoms with Crippen molar-refractivity contribution in [3.05, 3.63) is 77.1 Å². The number of pyridine rings is 1. The van der Waals surface area contributed by atoms with Crippen molar-refractivity contribution in [3.63, 3.8) is 0 Å². The predicted molar refractivity (Wildman–Crippen MR) is 155 cm³/mol. The lowest BCUT2D eigenvalue weighted by molar-refractivity contribution is -0.141. The summed E-state index contributed by atoms with van der Waals surface area (Å²) in [5, 5.41) is 5.74. The molecule has 0 spiro atoms. The molecule has 0 unspecified atom stereocenters. The van der Waals surface area contributed by atoms with Crippen molar-refractivity contribution in [1.29, 1.82) is 0 Å². The van der Waals surface area contributed by atoms with Crippen LogP contribution >= 0.6 is 0 Å². The second-order valence-corrected chi connectivity index (χ2v) is 11.6. The minimum atomic E-state index is -4.83. The maximum Gasteiger partial charge on any atom is 0.433 e. The van der Waals surface area contributed by atoms with Gasteiger partial charge < -0.3 is 15.5 Å². The maximum absolute atomic E-state index is 13.9. The molecule has 1 fully saturated rings. The quantitative estimate of drug-likeness (QED) is 0.226. The molecule has 4 aromatic rings. The molecule has 8 nitrogen and oxygen atoms in total. The van der Waals surface area contributed by atoms with Gasteiger partial charge in [0, 0.05) is 47.9 Å². The highest BCUT2D eigenvalue weighted by molar-refractivity contribution is 6.06. The predicted octanol–water partition coefficient (Wildman–Crippen LogP) is 6.85. The smallest absolute Gasteiger partial charge is 0.356 e. The highest BCUT2D eigenvalue weighted by atomic mass is 19.4. The number of rotatable bonds is 6. The summed E-state index contributed by atoms with van der Waals surface area (Å²) in [5.41, 5.74) is -2.59. The Balaban J connectivity index is 1.48. The van der Waals surface area contributed by atoms with E-state index in [0.717, 1.165) is 30.8 Å². The van der Waals surface area contributed by atoms with E-state index in [0.29, 0.717) is 35.4 Å². The van der Waals surface area contributed by atoms with Gasteiger partial charge in [-0.15, -0.1) is 0 Å². The van der Waals surface area contributed by atoms with Crippen LogP contribution in [-0.2, 0) is 23.7 Å². The highest BCUT2D eigenvalue weighted by Crippen LogP contribution is 2.35. The molecule has 0 saturated carbocycles. The van der Waals surface area contributed by atoms with E-state index in [1.54, 1.807) is 26.8 Å². The van der Waals surface area contributed by atoms with Gasteiger partial charge in [-0.2, -0.15) is 26.3 Å². The van der Waals surface area contributed by atoms with E-state index >= 15 is 0 Å². The summed E-state index contributed by atoms with van der Waals surface area (Å²) in [6.45, 7) is 6.39. The second kappa shape index (κ2) is 11.6. The molecule has 1 aliphatic heterocycles. The van der Waals surface area contributed by atoms with E-state index in [2.05, 4.69) is 25.6 Å². The fraction of sp³-hybridized carbons (Fsp3) is 0.323. The third kappa shape index (κ3) is 6.99. The van der Waals surface area contributed by atoms with E-state index in [4.69, 9.17) is 0 Å². The van der Waals surface area contributed by atoms with Crippen molar-refractivity contribution in [2.75, 3.05) is 23.3 Å². The minimum absolute atomic E-state index is 0.0811. The summed E-state index contributed by atoms with van der Waals surface area (Å²) in [6.07, 6.45) is -7.51. The Morgan fingerprint density at radius 2 is 1.62 bits per heavy atom. The average molecular weight is 631 g/mol.